The summed E-state index contributed by atoms with van der Waals surface area (Å²) in [5.41, 5.74) is 1.08. The number of hydrogen-bond donors (Lipinski definition) is 1. The summed E-state index contributed by atoms with van der Waals surface area (Å²) in [6.07, 6.45) is -5.57. The Bertz CT molecular complexity index is 874. The van der Waals surface area contributed by atoms with E-state index in [1.165, 1.54) is 31.2 Å². The molecule has 29 heavy (non-hydrogen) atoms. The van der Waals surface area contributed by atoms with Gasteiger partial charge in [0.05, 0.1) is 18.3 Å². The topological polar surface area (TPSA) is 67.4 Å². The lowest BCUT2D eigenvalue weighted by atomic mass is 10.0. The molecular formula is C19H20F4N4O2. The Morgan fingerprint density at radius 1 is 1.24 bits per heavy atom. The molecule has 1 saturated heterocycles. The molecule has 0 radical (unpaired) electrons. The molecule has 1 aromatic heterocycles. The Labute approximate surface area is 164 Å². The van der Waals surface area contributed by atoms with E-state index in [0.29, 0.717) is 35.9 Å². The molecule has 2 atom stereocenters. The molecule has 0 spiro atoms. The first-order chi connectivity index (χ1) is 13.6. The summed E-state index contributed by atoms with van der Waals surface area (Å²) in [5, 5.41) is 2.61. The normalized spacial score (nSPS) is 19.7. The van der Waals surface area contributed by atoms with Crippen molar-refractivity contribution in [1.29, 1.82) is 0 Å². The zero-order chi connectivity index (χ0) is 21.2. The van der Waals surface area contributed by atoms with E-state index in [-0.39, 0.29) is 18.2 Å². The first-order valence-corrected chi connectivity index (χ1v) is 8.99. The van der Waals surface area contributed by atoms with Crippen LogP contribution in [-0.4, -0.2) is 47.5 Å². The maximum absolute atomic E-state index is 14.4. The number of hydrogen-bond acceptors (Lipinski definition) is 5. The lowest BCUT2D eigenvalue weighted by Crippen LogP contribution is -2.52. The van der Waals surface area contributed by atoms with Crippen LogP contribution < -0.4 is 15.0 Å². The van der Waals surface area contributed by atoms with E-state index >= 15 is 0 Å². The smallest absolute Gasteiger partial charge is 0.406 e. The zero-order valence-electron chi connectivity index (χ0n) is 15.8. The second kappa shape index (κ2) is 8.22. The van der Waals surface area contributed by atoms with E-state index in [1.807, 2.05) is 0 Å². The van der Waals surface area contributed by atoms with Crippen LogP contribution in [0.15, 0.2) is 30.3 Å². The summed E-state index contributed by atoms with van der Waals surface area (Å²) in [7, 11) is 0. The van der Waals surface area contributed by atoms with Gasteiger partial charge in [-0.15, -0.1) is 13.2 Å². The Kier molecular flexibility index (Phi) is 5.90. The number of benzene rings is 1. The van der Waals surface area contributed by atoms with E-state index in [9.17, 15) is 22.4 Å². The van der Waals surface area contributed by atoms with Crippen LogP contribution in [0.5, 0.6) is 5.75 Å². The summed E-state index contributed by atoms with van der Waals surface area (Å²) in [6, 6.07) is 6.47. The van der Waals surface area contributed by atoms with Gasteiger partial charge in [0.2, 0.25) is 5.91 Å². The molecule has 0 bridgehead atoms. The molecule has 1 aliphatic rings. The van der Waals surface area contributed by atoms with Gasteiger partial charge in [0.15, 0.2) is 0 Å². The minimum Gasteiger partial charge on any atom is -0.406 e. The molecule has 156 valence electrons. The number of amides is 1. The van der Waals surface area contributed by atoms with Crippen LogP contribution in [0.1, 0.15) is 19.2 Å². The Balaban J connectivity index is 1.78. The Morgan fingerprint density at radius 2 is 1.93 bits per heavy atom. The van der Waals surface area contributed by atoms with Gasteiger partial charge >= 0.3 is 6.36 Å². The molecule has 10 heteroatoms. The summed E-state index contributed by atoms with van der Waals surface area (Å²) < 4.78 is 55.2. The summed E-state index contributed by atoms with van der Waals surface area (Å²) >= 11 is 0. The maximum Gasteiger partial charge on any atom is 0.573 e. The molecule has 0 saturated carbocycles. The van der Waals surface area contributed by atoms with Crippen LogP contribution in [0, 0.1) is 6.92 Å². The number of piperidine rings is 1. The third-order valence-electron chi connectivity index (χ3n) is 4.46. The Hall–Kier alpha value is -2.91. The van der Waals surface area contributed by atoms with Crippen molar-refractivity contribution in [3.8, 4) is 17.0 Å². The van der Waals surface area contributed by atoms with Crippen LogP contribution in [0.2, 0.25) is 0 Å². The molecule has 0 unspecified atom stereocenters. The minimum absolute atomic E-state index is 0.0687. The number of alkyl halides is 4. The fourth-order valence-corrected chi connectivity index (χ4v) is 3.23. The number of carbonyl (C=O) groups excluding carboxylic acids is 1. The van der Waals surface area contributed by atoms with Gasteiger partial charge in [-0.05, 0) is 37.6 Å². The van der Waals surface area contributed by atoms with Crippen molar-refractivity contribution < 1.29 is 27.1 Å². The van der Waals surface area contributed by atoms with Crippen LogP contribution in [-0.2, 0) is 4.79 Å². The molecule has 6 nitrogen and oxygen atoms in total. The quantitative estimate of drug-likeness (QED) is 0.780. The van der Waals surface area contributed by atoms with Gasteiger partial charge in [-0.3, -0.25) is 4.79 Å². The first kappa shape index (κ1) is 20.8. The zero-order valence-corrected chi connectivity index (χ0v) is 15.8. The number of aryl methyl sites for hydroxylation is 1. The minimum atomic E-state index is -4.76. The van der Waals surface area contributed by atoms with Crippen molar-refractivity contribution in [2.75, 3.05) is 18.0 Å². The van der Waals surface area contributed by atoms with Crippen LogP contribution in [0.25, 0.3) is 11.3 Å². The van der Waals surface area contributed by atoms with Gasteiger partial charge in [-0.25, -0.2) is 14.4 Å². The highest BCUT2D eigenvalue weighted by Crippen LogP contribution is 2.28. The van der Waals surface area contributed by atoms with Gasteiger partial charge in [0.1, 0.15) is 23.6 Å². The summed E-state index contributed by atoms with van der Waals surface area (Å²) in [5.74, 6) is 0.372. The molecule has 1 aliphatic heterocycles. The molecule has 1 amide bonds. The van der Waals surface area contributed by atoms with Crippen LogP contribution in [0.3, 0.4) is 0 Å². The van der Waals surface area contributed by atoms with E-state index in [1.54, 1.807) is 17.9 Å². The highest BCUT2D eigenvalue weighted by Gasteiger charge is 2.32. The SMILES string of the molecule is CC(=O)N[C@H]1CCN(c2cc(-c3ccc(OC(F)(F)F)cc3)nc(C)n2)C[C@@H]1F. The van der Waals surface area contributed by atoms with Gasteiger partial charge in [0, 0.05) is 25.1 Å². The van der Waals surface area contributed by atoms with Crippen molar-refractivity contribution in [1.82, 2.24) is 15.3 Å². The standard InChI is InChI=1S/C19H20F4N4O2/c1-11-24-17(13-3-5-14(6-4-13)29-19(21,22)23)9-18(25-11)27-8-7-16(15(20)10-27)26-12(2)28/h3-6,9,15-16H,7-8,10H2,1-2H3,(H,26,28)/t15-,16-/m0/s1. The predicted molar refractivity (Wildman–Crippen MR) is 98.2 cm³/mol. The monoisotopic (exact) mass is 412 g/mol. The van der Waals surface area contributed by atoms with Crippen molar-refractivity contribution >= 4 is 11.7 Å². The van der Waals surface area contributed by atoms with E-state index in [0.717, 1.165) is 0 Å². The van der Waals surface area contributed by atoms with Crippen LogP contribution in [0.4, 0.5) is 23.4 Å². The number of carbonyl (C=O) groups is 1. The second-order valence-corrected chi connectivity index (χ2v) is 6.79. The Morgan fingerprint density at radius 3 is 2.52 bits per heavy atom. The summed E-state index contributed by atoms with van der Waals surface area (Å²) in [4.78, 5) is 21.6. The highest BCUT2D eigenvalue weighted by atomic mass is 19.4. The molecule has 1 aromatic carbocycles. The maximum atomic E-state index is 14.4. The van der Waals surface area contributed by atoms with E-state index < -0.39 is 18.6 Å². The van der Waals surface area contributed by atoms with Gasteiger partial charge in [-0.1, -0.05) is 0 Å². The van der Waals surface area contributed by atoms with Crippen molar-refractivity contribution in [3.05, 3.63) is 36.2 Å². The lowest BCUT2D eigenvalue weighted by Gasteiger charge is -2.35. The molecule has 2 aromatic rings. The van der Waals surface area contributed by atoms with Gasteiger partial charge < -0.3 is 15.0 Å². The molecule has 1 fully saturated rings. The third kappa shape index (κ3) is 5.55. The molecule has 0 aliphatic carbocycles. The first-order valence-electron chi connectivity index (χ1n) is 8.99. The number of halogens is 4. The third-order valence-corrected chi connectivity index (χ3v) is 4.46. The number of ether oxygens (including phenoxy) is 1. The highest BCUT2D eigenvalue weighted by molar-refractivity contribution is 5.73. The molecule has 3 rings (SSSR count). The number of aromatic nitrogens is 2. The van der Waals surface area contributed by atoms with E-state index in [4.69, 9.17) is 0 Å². The molecule has 1 N–H and O–H groups in total. The number of rotatable bonds is 4. The van der Waals surface area contributed by atoms with Crippen molar-refractivity contribution in [3.63, 3.8) is 0 Å². The fraction of sp³-hybridized carbons (Fsp3) is 0.421. The number of anilines is 1. The average Bonchev–Trinajstić information content (AvgIpc) is 2.62. The summed E-state index contributed by atoms with van der Waals surface area (Å²) in [6.45, 7) is 3.61. The van der Waals surface area contributed by atoms with Crippen LogP contribution >= 0.6 is 0 Å². The molecular weight excluding hydrogens is 392 g/mol. The van der Waals surface area contributed by atoms with E-state index in [2.05, 4.69) is 20.0 Å². The number of nitrogens with one attached hydrogen (secondary N) is 1. The predicted octanol–water partition coefficient (Wildman–Crippen LogP) is 3.40. The van der Waals surface area contributed by atoms with Crippen molar-refractivity contribution in [2.24, 2.45) is 0 Å². The van der Waals surface area contributed by atoms with Crippen molar-refractivity contribution in [2.45, 2.75) is 38.8 Å². The average molecular weight is 412 g/mol. The second-order valence-electron chi connectivity index (χ2n) is 6.79. The lowest BCUT2D eigenvalue weighted by molar-refractivity contribution is -0.274. The van der Waals surface area contributed by atoms with Gasteiger partial charge in [-0.2, -0.15) is 0 Å². The molecule has 2 heterocycles. The number of nitrogens with zero attached hydrogens (tertiary/aromatic N) is 3. The fourth-order valence-electron chi connectivity index (χ4n) is 3.23. The largest absolute Gasteiger partial charge is 0.573 e. The van der Waals surface area contributed by atoms with Gasteiger partial charge in [0.25, 0.3) is 0 Å².